The molecule has 3 aromatic heterocycles. The Morgan fingerprint density at radius 1 is 1.06 bits per heavy atom. The van der Waals surface area contributed by atoms with Crippen LogP contribution in [0.1, 0.15) is 21.7 Å². The summed E-state index contributed by atoms with van der Waals surface area (Å²) in [7, 11) is 1.81. The van der Waals surface area contributed by atoms with Crippen molar-refractivity contribution >= 4 is 29.0 Å². The second-order valence-electron chi connectivity index (χ2n) is 8.17. The second kappa shape index (κ2) is 9.19. The van der Waals surface area contributed by atoms with Crippen LogP contribution in [0.3, 0.4) is 0 Å². The van der Waals surface area contributed by atoms with Gasteiger partial charge >= 0.3 is 0 Å². The highest BCUT2D eigenvalue weighted by Gasteiger charge is 2.30. The van der Waals surface area contributed by atoms with Crippen molar-refractivity contribution in [2.75, 3.05) is 24.2 Å². The van der Waals surface area contributed by atoms with Crippen molar-refractivity contribution in [3.63, 3.8) is 0 Å². The Kier molecular flexibility index (Phi) is 5.78. The van der Waals surface area contributed by atoms with E-state index in [4.69, 9.17) is 0 Å². The fourth-order valence-corrected chi connectivity index (χ4v) is 4.06. The van der Waals surface area contributed by atoms with Gasteiger partial charge in [0.05, 0.1) is 23.4 Å². The summed E-state index contributed by atoms with van der Waals surface area (Å²) in [5.74, 6) is 0.203. The van der Waals surface area contributed by atoms with Gasteiger partial charge in [0.15, 0.2) is 0 Å². The first-order valence-electron chi connectivity index (χ1n) is 11.1. The van der Waals surface area contributed by atoms with Gasteiger partial charge in [-0.05, 0) is 36.4 Å². The number of likely N-dealkylation sites (N-methyl/N-ethyl adjacent to an activating group) is 1. The van der Waals surface area contributed by atoms with Crippen molar-refractivity contribution in [1.29, 1.82) is 0 Å². The topological polar surface area (TPSA) is 103 Å². The molecule has 4 aromatic rings. The van der Waals surface area contributed by atoms with E-state index in [0.717, 1.165) is 34.7 Å². The highest BCUT2D eigenvalue weighted by molar-refractivity contribution is 6.06. The average molecular weight is 453 g/mol. The summed E-state index contributed by atoms with van der Waals surface area (Å²) in [5, 5.41) is 6.28. The lowest BCUT2D eigenvalue weighted by molar-refractivity contribution is -0.115. The van der Waals surface area contributed by atoms with Crippen LogP contribution in [0.15, 0.2) is 73.1 Å². The van der Waals surface area contributed by atoms with E-state index in [1.165, 1.54) is 0 Å². The number of fused-ring (bicyclic) bond motifs is 1. The van der Waals surface area contributed by atoms with Gasteiger partial charge in [0.25, 0.3) is 5.91 Å². The largest absolute Gasteiger partial charge is 0.356 e. The Morgan fingerprint density at radius 3 is 2.68 bits per heavy atom. The minimum Gasteiger partial charge on any atom is -0.356 e. The Labute approximate surface area is 197 Å². The van der Waals surface area contributed by atoms with Gasteiger partial charge in [-0.25, -0.2) is 4.98 Å². The van der Waals surface area contributed by atoms with E-state index in [1.54, 1.807) is 23.4 Å². The molecule has 8 heteroatoms. The molecule has 0 atom stereocenters. The molecule has 0 bridgehead atoms. The molecule has 1 aliphatic heterocycles. The molecular weight excluding hydrogens is 428 g/mol. The Balaban J connectivity index is 1.48. The number of aromatic amines is 1. The van der Waals surface area contributed by atoms with Gasteiger partial charge in [-0.3, -0.25) is 14.6 Å². The minimum absolute atomic E-state index is 0.0277. The molecule has 8 nitrogen and oxygen atoms in total. The predicted octanol–water partition coefficient (Wildman–Crippen LogP) is 4.02. The number of benzene rings is 1. The molecule has 5 rings (SSSR count). The van der Waals surface area contributed by atoms with Crippen molar-refractivity contribution in [2.24, 2.45) is 0 Å². The highest BCUT2D eigenvalue weighted by Crippen LogP contribution is 2.38. The number of H-pyrrole nitrogens is 1. The van der Waals surface area contributed by atoms with Crippen molar-refractivity contribution in [3.8, 4) is 11.3 Å². The van der Waals surface area contributed by atoms with E-state index in [1.807, 2.05) is 61.6 Å². The first-order valence-corrected chi connectivity index (χ1v) is 11.1. The fourth-order valence-electron chi connectivity index (χ4n) is 4.06. The van der Waals surface area contributed by atoms with Crippen molar-refractivity contribution in [3.05, 3.63) is 90.0 Å². The maximum atomic E-state index is 13.0. The van der Waals surface area contributed by atoms with Crippen molar-refractivity contribution < 1.29 is 9.59 Å². The lowest BCUT2D eigenvalue weighted by Gasteiger charge is -2.23. The smallest absolute Gasteiger partial charge is 0.257 e. The number of aromatic nitrogens is 3. The second-order valence-corrected chi connectivity index (χ2v) is 8.17. The molecule has 0 fully saturated rings. The molecule has 3 N–H and O–H groups in total. The van der Waals surface area contributed by atoms with Crippen LogP contribution in [0.25, 0.3) is 11.3 Å². The Morgan fingerprint density at radius 2 is 1.88 bits per heavy atom. The van der Waals surface area contributed by atoms with Crippen molar-refractivity contribution in [1.82, 2.24) is 19.9 Å². The van der Waals surface area contributed by atoms with Gasteiger partial charge in [0.2, 0.25) is 5.91 Å². The predicted molar refractivity (Wildman–Crippen MR) is 131 cm³/mol. The monoisotopic (exact) mass is 452 g/mol. The van der Waals surface area contributed by atoms with Gasteiger partial charge in [-0.15, -0.1) is 0 Å². The lowest BCUT2D eigenvalue weighted by atomic mass is 10.0. The summed E-state index contributed by atoms with van der Waals surface area (Å²) in [6.45, 7) is 0.655. The van der Waals surface area contributed by atoms with Crippen LogP contribution in [-0.4, -0.2) is 45.3 Å². The van der Waals surface area contributed by atoms with Crippen LogP contribution >= 0.6 is 0 Å². The molecule has 1 aliphatic rings. The molecule has 2 amide bonds. The Bertz CT molecular complexity index is 1330. The van der Waals surface area contributed by atoms with Gasteiger partial charge in [-0.1, -0.05) is 24.3 Å². The van der Waals surface area contributed by atoms with Crippen LogP contribution in [0.5, 0.6) is 0 Å². The summed E-state index contributed by atoms with van der Waals surface area (Å²) in [4.78, 5) is 39.2. The number of carbonyl (C=O) groups is 2. The molecule has 0 radical (unpaired) electrons. The SMILES string of the molecule is CN1CCc2[nH]c(-c3ccnc(NC(=O)Cc4ccccn4)c3)c(Nc3ccccc3)c2C1=O. The molecule has 4 heterocycles. The van der Waals surface area contributed by atoms with Gasteiger partial charge in [0, 0.05) is 55.0 Å². The summed E-state index contributed by atoms with van der Waals surface area (Å²) < 4.78 is 0. The summed E-state index contributed by atoms with van der Waals surface area (Å²) in [6.07, 6.45) is 4.20. The maximum absolute atomic E-state index is 13.0. The molecule has 0 saturated heterocycles. The third-order valence-corrected chi connectivity index (χ3v) is 5.76. The molecule has 170 valence electrons. The number of anilines is 3. The molecule has 0 aliphatic carbocycles. The first kappa shape index (κ1) is 21.4. The van der Waals surface area contributed by atoms with E-state index in [9.17, 15) is 9.59 Å². The van der Waals surface area contributed by atoms with Crippen LogP contribution in [-0.2, 0) is 17.6 Å². The average Bonchev–Trinajstić information content (AvgIpc) is 3.22. The van der Waals surface area contributed by atoms with Crippen molar-refractivity contribution in [2.45, 2.75) is 12.8 Å². The van der Waals surface area contributed by atoms with Gasteiger partial charge in [0.1, 0.15) is 5.82 Å². The standard InChI is InChI=1S/C26H24N6O2/c1-32-14-11-20-23(26(32)34)25(29-18-7-3-2-4-8-18)24(30-20)17-10-13-28-21(15-17)31-22(33)16-19-9-5-6-12-27-19/h2-10,12-13,15,29-30H,11,14,16H2,1H3,(H,28,31,33). The van der Waals surface area contributed by atoms with Gasteiger partial charge < -0.3 is 20.5 Å². The Hall–Kier alpha value is -4.46. The van der Waals surface area contributed by atoms with E-state index in [0.29, 0.717) is 23.6 Å². The lowest BCUT2D eigenvalue weighted by Crippen LogP contribution is -2.34. The number of para-hydroxylation sites is 1. The quantitative estimate of drug-likeness (QED) is 0.410. The van der Waals surface area contributed by atoms with E-state index < -0.39 is 0 Å². The zero-order chi connectivity index (χ0) is 23.5. The zero-order valence-corrected chi connectivity index (χ0v) is 18.7. The molecule has 0 saturated carbocycles. The number of carbonyl (C=O) groups excluding carboxylic acids is 2. The molecule has 0 unspecified atom stereocenters. The summed E-state index contributed by atoms with van der Waals surface area (Å²) in [5.41, 5.74) is 5.41. The summed E-state index contributed by atoms with van der Waals surface area (Å²) >= 11 is 0. The number of nitrogens with zero attached hydrogens (tertiary/aromatic N) is 3. The third-order valence-electron chi connectivity index (χ3n) is 5.76. The minimum atomic E-state index is -0.200. The maximum Gasteiger partial charge on any atom is 0.257 e. The number of amides is 2. The van der Waals surface area contributed by atoms with Crippen LogP contribution in [0.4, 0.5) is 17.2 Å². The van der Waals surface area contributed by atoms with E-state index >= 15 is 0 Å². The fraction of sp³-hybridized carbons (Fsp3) is 0.154. The van der Waals surface area contributed by atoms with Crippen LogP contribution in [0.2, 0.25) is 0 Å². The number of rotatable bonds is 6. The number of hydrogen-bond acceptors (Lipinski definition) is 5. The molecular formula is C26H24N6O2. The molecule has 0 spiro atoms. The highest BCUT2D eigenvalue weighted by atomic mass is 16.2. The first-order chi connectivity index (χ1) is 16.6. The number of nitrogens with one attached hydrogen (secondary N) is 3. The third kappa shape index (κ3) is 4.38. The zero-order valence-electron chi connectivity index (χ0n) is 18.7. The normalized spacial score (nSPS) is 12.9. The van der Waals surface area contributed by atoms with Crippen LogP contribution < -0.4 is 10.6 Å². The van der Waals surface area contributed by atoms with E-state index in [2.05, 4.69) is 25.6 Å². The van der Waals surface area contributed by atoms with Gasteiger partial charge in [-0.2, -0.15) is 0 Å². The van der Waals surface area contributed by atoms with E-state index in [-0.39, 0.29) is 18.2 Å². The molecule has 34 heavy (non-hydrogen) atoms. The number of pyridine rings is 2. The number of hydrogen-bond donors (Lipinski definition) is 3. The molecule has 1 aromatic carbocycles. The van der Waals surface area contributed by atoms with Crippen LogP contribution in [0, 0.1) is 0 Å². The summed E-state index contributed by atoms with van der Waals surface area (Å²) in [6, 6.07) is 18.9.